The molecule has 19 heavy (non-hydrogen) atoms. The maximum atomic E-state index is 12.6. The highest BCUT2D eigenvalue weighted by molar-refractivity contribution is 5.94. The van der Waals surface area contributed by atoms with E-state index >= 15 is 0 Å². The smallest absolute Gasteiger partial charge is 0.254 e. The molecule has 1 amide bonds. The van der Waals surface area contributed by atoms with E-state index in [1.54, 1.807) is 0 Å². The van der Waals surface area contributed by atoms with Crippen molar-refractivity contribution < 1.29 is 4.79 Å². The van der Waals surface area contributed by atoms with E-state index in [-0.39, 0.29) is 5.91 Å². The second-order valence-electron chi connectivity index (χ2n) is 5.58. The number of hydrogen-bond acceptors (Lipinski definition) is 2. The fraction of sp³-hybridized carbons (Fsp3) is 0.562. The Bertz CT molecular complexity index is 417. The van der Waals surface area contributed by atoms with Gasteiger partial charge in [-0.25, -0.2) is 0 Å². The van der Waals surface area contributed by atoms with Gasteiger partial charge in [-0.15, -0.1) is 0 Å². The number of nitrogens with zero attached hydrogens (tertiary/aromatic N) is 1. The SMILES string of the molecule is C[C@@H]1CCC[C@H](C)N1C(=O)c1ccc(CCN)cc1. The van der Waals surface area contributed by atoms with Gasteiger partial charge in [-0.2, -0.15) is 0 Å². The molecule has 1 fully saturated rings. The van der Waals surface area contributed by atoms with Crippen molar-refractivity contribution in [2.75, 3.05) is 6.54 Å². The molecule has 0 spiro atoms. The molecule has 1 heterocycles. The molecule has 0 saturated carbocycles. The van der Waals surface area contributed by atoms with Crippen LogP contribution < -0.4 is 5.73 Å². The zero-order valence-corrected chi connectivity index (χ0v) is 11.9. The highest BCUT2D eigenvalue weighted by Gasteiger charge is 2.29. The van der Waals surface area contributed by atoms with Gasteiger partial charge in [-0.05, 0) is 63.8 Å². The van der Waals surface area contributed by atoms with Crippen molar-refractivity contribution in [2.45, 2.75) is 51.6 Å². The van der Waals surface area contributed by atoms with E-state index in [1.165, 1.54) is 12.0 Å². The van der Waals surface area contributed by atoms with E-state index in [1.807, 2.05) is 29.2 Å². The van der Waals surface area contributed by atoms with E-state index in [4.69, 9.17) is 5.73 Å². The molecule has 2 rings (SSSR count). The zero-order chi connectivity index (χ0) is 13.8. The van der Waals surface area contributed by atoms with Gasteiger partial charge in [0.25, 0.3) is 5.91 Å². The molecule has 2 atom stereocenters. The molecule has 2 N–H and O–H groups in total. The van der Waals surface area contributed by atoms with Gasteiger partial charge in [0.15, 0.2) is 0 Å². The first-order valence-corrected chi connectivity index (χ1v) is 7.25. The lowest BCUT2D eigenvalue weighted by molar-refractivity contribution is 0.0511. The normalized spacial score (nSPS) is 23.4. The van der Waals surface area contributed by atoms with Crippen molar-refractivity contribution in [2.24, 2.45) is 5.73 Å². The fourth-order valence-corrected chi connectivity index (χ4v) is 2.95. The summed E-state index contributed by atoms with van der Waals surface area (Å²) in [6.07, 6.45) is 4.31. The van der Waals surface area contributed by atoms with Crippen molar-refractivity contribution in [1.82, 2.24) is 4.90 Å². The number of benzene rings is 1. The van der Waals surface area contributed by atoms with E-state index < -0.39 is 0 Å². The second-order valence-corrected chi connectivity index (χ2v) is 5.58. The van der Waals surface area contributed by atoms with Gasteiger partial charge < -0.3 is 10.6 Å². The highest BCUT2D eigenvalue weighted by atomic mass is 16.2. The standard InChI is InChI=1S/C16H24N2O/c1-12-4-3-5-13(2)18(12)16(19)15-8-6-14(7-9-15)10-11-17/h6-9,12-13H,3-5,10-11,17H2,1-2H3/t12-,13+. The molecule has 0 radical (unpaired) electrons. The zero-order valence-electron chi connectivity index (χ0n) is 11.9. The van der Waals surface area contributed by atoms with Gasteiger partial charge in [0.05, 0.1) is 0 Å². The Labute approximate surface area is 115 Å². The van der Waals surface area contributed by atoms with Crippen LogP contribution in [0.5, 0.6) is 0 Å². The van der Waals surface area contributed by atoms with Crippen molar-refractivity contribution in [3.63, 3.8) is 0 Å². The van der Waals surface area contributed by atoms with Gasteiger partial charge in [0.2, 0.25) is 0 Å². The predicted molar refractivity (Wildman–Crippen MR) is 78.1 cm³/mol. The second kappa shape index (κ2) is 6.20. The minimum atomic E-state index is 0.166. The van der Waals surface area contributed by atoms with Gasteiger partial charge in [-0.1, -0.05) is 12.1 Å². The van der Waals surface area contributed by atoms with Crippen molar-refractivity contribution in [3.8, 4) is 0 Å². The first-order valence-electron chi connectivity index (χ1n) is 7.25. The summed E-state index contributed by atoms with van der Waals surface area (Å²) >= 11 is 0. The van der Waals surface area contributed by atoms with Crippen LogP contribution in [0.2, 0.25) is 0 Å². The number of hydrogen-bond donors (Lipinski definition) is 1. The number of rotatable bonds is 3. The van der Waals surface area contributed by atoms with E-state index in [2.05, 4.69) is 13.8 Å². The first-order chi connectivity index (χ1) is 9.13. The molecule has 1 aromatic carbocycles. The topological polar surface area (TPSA) is 46.3 Å². The van der Waals surface area contributed by atoms with Crippen molar-refractivity contribution in [3.05, 3.63) is 35.4 Å². The molecular weight excluding hydrogens is 236 g/mol. The monoisotopic (exact) mass is 260 g/mol. The third-order valence-electron chi connectivity index (χ3n) is 4.06. The Morgan fingerprint density at radius 1 is 1.21 bits per heavy atom. The molecule has 3 heteroatoms. The summed E-state index contributed by atoms with van der Waals surface area (Å²) in [5.41, 5.74) is 7.52. The number of likely N-dealkylation sites (tertiary alicyclic amines) is 1. The lowest BCUT2D eigenvalue weighted by Crippen LogP contribution is -2.47. The third-order valence-corrected chi connectivity index (χ3v) is 4.06. The van der Waals surface area contributed by atoms with E-state index in [0.717, 1.165) is 24.8 Å². The Morgan fingerprint density at radius 3 is 2.32 bits per heavy atom. The van der Waals surface area contributed by atoms with Crippen LogP contribution in [0.3, 0.4) is 0 Å². The van der Waals surface area contributed by atoms with Gasteiger partial charge >= 0.3 is 0 Å². The number of piperidine rings is 1. The van der Waals surface area contributed by atoms with Gasteiger partial charge in [0, 0.05) is 17.6 Å². The minimum Gasteiger partial charge on any atom is -0.333 e. The van der Waals surface area contributed by atoms with Crippen LogP contribution >= 0.6 is 0 Å². The quantitative estimate of drug-likeness (QED) is 0.908. The highest BCUT2D eigenvalue weighted by Crippen LogP contribution is 2.24. The van der Waals surface area contributed by atoms with E-state index in [9.17, 15) is 4.79 Å². The predicted octanol–water partition coefficient (Wildman–Crippen LogP) is 2.59. The maximum absolute atomic E-state index is 12.6. The maximum Gasteiger partial charge on any atom is 0.254 e. The third kappa shape index (κ3) is 3.16. The molecule has 0 bridgehead atoms. The van der Waals surface area contributed by atoms with Crippen LogP contribution in [0, 0.1) is 0 Å². The average molecular weight is 260 g/mol. The molecule has 0 aliphatic carbocycles. The molecule has 1 aliphatic heterocycles. The molecule has 1 saturated heterocycles. The van der Waals surface area contributed by atoms with Crippen molar-refractivity contribution in [1.29, 1.82) is 0 Å². The fourth-order valence-electron chi connectivity index (χ4n) is 2.95. The van der Waals surface area contributed by atoms with Crippen LogP contribution in [0.4, 0.5) is 0 Å². The molecule has 1 aliphatic rings. The molecule has 0 unspecified atom stereocenters. The van der Waals surface area contributed by atoms with Crippen molar-refractivity contribution >= 4 is 5.91 Å². The Kier molecular flexibility index (Phi) is 4.59. The van der Waals surface area contributed by atoms with Gasteiger partial charge in [0.1, 0.15) is 0 Å². The largest absolute Gasteiger partial charge is 0.333 e. The number of carbonyl (C=O) groups excluding carboxylic acids is 1. The summed E-state index contributed by atoms with van der Waals surface area (Å²) in [6, 6.07) is 8.58. The summed E-state index contributed by atoms with van der Waals surface area (Å²) in [4.78, 5) is 14.6. The Hall–Kier alpha value is -1.35. The van der Waals surface area contributed by atoms with Crippen LogP contribution in [0.1, 0.15) is 49.0 Å². The van der Waals surface area contributed by atoms with Crippen LogP contribution in [-0.2, 0) is 6.42 Å². The van der Waals surface area contributed by atoms with Gasteiger partial charge in [-0.3, -0.25) is 4.79 Å². The first kappa shape index (κ1) is 14.1. The molecule has 104 valence electrons. The lowest BCUT2D eigenvalue weighted by Gasteiger charge is -2.39. The molecule has 3 nitrogen and oxygen atoms in total. The lowest BCUT2D eigenvalue weighted by atomic mass is 9.96. The molecule has 1 aromatic rings. The Balaban J connectivity index is 2.13. The van der Waals surface area contributed by atoms with Crippen LogP contribution in [0.25, 0.3) is 0 Å². The van der Waals surface area contributed by atoms with E-state index in [0.29, 0.717) is 18.6 Å². The number of amides is 1. The average Bonchev–Trinajstić information content (AvgIpc) is 2.39. The minimum absolute atomic E-state index is 0.166. The molecular formula is C16H24N2O. The summed E-state index contributed by atoms with van der Waals surface area (Å²) in [6.45, 7) is 4.94. The molecule has 0 aromatic heterocycles. The number of carbonyl (C=O) groups is 1. The van der Waals surface area contributed by atoms with Crippen LogP contribution in [0.15, 0.2) is 24.3 Å². The summed E-state index contributed by atoms with van der Waals surface area (Å²) in [5, 5.41) is 0. The summed E-state index contributed by atoms with van der Waals surface area (Å²) in [7, 11) is 0. The summed E-state index contributed by atoms with van der Waals surface area (Å²) in [5.74, 6) is 0.166. The number of nitrogens with two attached hydrogens (primary N) is 1. The van der Waals surface area contributed by atoms with Crippen LogP contribution in [-0.4, -0.2) is 29.4 Å². The summed E-state index contributed by atoms with van der Waals surface area (Å²) < 4.78 is 0. The Morgan fingerprint density at radius 2 is 1.79 bits per heavy atom.